The van der Waals surface area contributed by atoms with E-state index in [1.807, 2.05) is 34.9 Å². The standard InChI is InChI=1S/C25H29N5O2S2/c1-29(2)13-8-14-30-24(31)22-18-11-6-7-12-19(18)34-23(22)26-25(30)33-16-21-28-27-20(32-21)15-17-9-4-3-5-10-17/h3-5,9-10H,6-8,11-16H2,1-2H3. The summed E-state index contributed by atoms with van der Waals surface area (Å²) in [4.78, 5) is 23.0. The van der Waals surface area contributed by atoms with Gasteiger partial charge in [-0.05, 0) is 63.9 Å². The van der Waals surface area contributed by atoms with E-state index in [2.05, 4.69) is 29.2 Å². The molecular formula is C25H29N5O2S2. The summed E-state index contributed by atoms with van der Waals surface area (Å²) in [7, 11) is 4.11. The second-order valence-electron chi connectivity index (χ2n) is 8.94. The van der Waals surface area contributed by atoms with Crippen molar-refractivity contribution in [3.05, 3.63) is 68.5 Å². The van der Waals surface area contributed by atoms with Gasteiger partial charge < -0.3 is 9.32 Å². The van der Waals surface area contributed by atoms with Gasteiger partial charge in [-0.15, -0.1) is 21.5 Å². The first-order valence-corrected chi connectivity index (χ1v) is 13.6. The lowest BCUT2D eigenvalue weighted by Crippen LogP contribution is -2.25. The number of nitrogens with zero attached hydrogens (tertiary/aromatic N) is 5. The molecule has 0 aliphatic heterocycles. The Balaban J connectivity index is 1.39. The Morgan fingerprint density at radius 2 is 1.91 bits per heavy atom. The first-order valence-electron chi connectivity index (χ1n) is 11.8. The molecule has 0 fully saturated rings. The van der Waals surface area contributed by atoms with Gasteiger partial charge in [-0.1, -0.05) is 42.1 Å². The Labute approximate surface area is 207 Å². The molecular weight excluding hydrogens is 466 g/mol. The van der Waals surface area contributed by atoms with Crippen LogP contribution in [-0.2, 0) is 31.6 Å². The van der Waals surface area contributed by atoms with Crippen LogP contribution >= 0.6 is 23.1 Å². The average Bonchev–Trinajstić information content (AvgIpc) is 3.43. The quantitative estimate of drug-likeness (QED) is 0.249. The number of thioether (sulfide) groups is 1. The van der Waals surface area contributed by atoms with Gasteiger partial charge in [-0.3, -0.25) is 9.36 Å². The zero-order valence-corrected chi connectivity index (χ0v) is 21.3. The molecule has 0 saturated carbocycles. The predicted molar refractivity (Wildman–Crippen MR) is 137 cm³/mol. The minimum atomic E-state index is 0.0981. The Hall–Kier alpha value is -2.49. The van der Waals surface area contributed by atoms with Crippen LogP contribution in [0.1, 0.15) is 47.0 Å². The highest BCUT2D eigenvalue weighted by molar-refractivity contribution is 7.98. The van der Waals surface area contributed by atoms with Crippen molar-refractivity contribution in [2.45, 2.75) is 56.0 Å². The molecule has 178 valence electrons. The van der Waals surface area contributed by atoms with Crippen LogP contribution in [0, 0.1) is 0 Å². The van der Waals surface area contributed by atoms with Crippen LogP contribution in [-0.4, -0.2) is 45.3 Å². The number of rotatable bonds is 9. The van der Waals surface area contributed by atoms with Crippen LogP contribution in [0.5, 0.6) is 0 Å². The summed E-state index contributed by atoms with van der Waals surface area (Å²) in [5, 5.41) is 10.0. The molecule has 0 atom stereocenters. The zero-order valence-electron chi connectivity index (χ0n) is 19.6. The van der Waals surface area contributed by atoms with E-state index in [9.17, 15) is 4.79 Å². The Kier molecular flexibility index (Phi) is 7.12. The molecule has 0 unspecified atom stereocenters. The molecule has 5 rings (SSSR count). The van der Waals surface area contributed by atoms with Gasteiger partial charge in [0.05, 0.1) is 17.6 Å². The van der Waals surface area contributed by atoms with Gasteiger partial charge >= 0.3 is 0 Å². The molecule has 9 heteroatoms. The molecule has 4 aromatic rings. The number of aromatic nitrogens is 4. The topological polar surface area (TPSA) is 77.1 Å². The molecule has 0 N–H and O–H groups in total. The third-order valence-electron chi connectivity index (χ3n) is 6.06. The summed E-state index contributed by atoms with van der Waals surface area (Å²) in [6.45, 7) is 1.57. The third kappa shape index (κ3) is 5.11. The van der Waals surface area contributed by atoms with Crippen LogP contribution in [0.25, 0.3) is 10.2 Å². The molecule has 0 radical (unpaired) electrons. The first kappa shape index (κ1) is 23.3. The fourth-order valence-corrected chi connectivity index (χ4v) is 6.55. The molecule has 0 saturated heterocycles. The van der Waals surface area contributed by atoms with Crippen molar-refractivity contribution < 1.29 is 4.42 Å². The number of hydrogen-bond donors (Lipinski definition) is 0. The van der Waals surface area contributed by atoms with Crippen LogP contribution < -0.4 is 5.56 Å². The highest BCUT2D eigenvalue weighted by Gasteiger charge is 2.22. The monoisotopic (exact) mass is 495 g/mol. The van der Waals surface area contributed by atoms with Crippen LogP contribution in [0.4, 0.5) is 0 Å². The largest absolute Gasteiger partial charge is 0.424 e. The van der Waals surface area contributed by atoms with Crippen LogP contribution in [0.2, 0.25) is 0 Å². The number of benzene rings is 1. The van der Waals surface area contributed by atoms with Crippen molar-refractivity contribution in [1.29, 1.82) is 0 Å². The Bertz CT molecular complexity index is 1330. The van der Waals surface area contributed by atoms with E-state index in [1.54, 1.807) is 11.3 Å². The maximum Gasteiger partial charge on any atom is 0.263 e. The summed E-state index contributed by atoms with van der Waals surface area (Å²) < 4.78 is 7.74. The van der Waals surface area contributed by atoms with Crippen molar-refractivity contribution in [3.63, 3.8) is 0 Å². The highest BCUT2D eigenvalue weighted by Crippen LogP contribution is 2.35. The van der Waals surface area contributed by atoms with E-state index in [0.717, 1.165) is 53.2 Å². The van der Waals surface area contributed by atoms with Crippen molar-refractivity contribution in [3.8, 4) is 0 Å². The van der Waals surface area contributed by atoms with Gasteiger partial charge in [0.15, 0.2) is 5.16 Å². The fraction of sp³-hybridized carbons (Fsp3) is 0.440. The second-order valence-corrected chi connectivity index (χ2v) is 11.0. The van der Waals surface area contributed by atoms with Gasteiger partial charge in [-0.25, -0.2) is 4.98 Å². The Morgan fingerprint density at radius 3 is 2.74 bits per heavy atom. The molecule has 34 heavy (non-hydrogen) atoms. The SMILES string of the molecule is CN(C)CCCn1c(SCc2nnc(Cc3ccccc3)o2)nc2sc3c(c2c1=O)CCCC3. The molecule has 3 heterocycles. The lowest BCUT2D eigenvalue weighted by atomic mass is 9.97. The van der Waals surface area contributed by atoms with Crippen LogP contribution in [0.3, 0.4) is 0 Å². The molecule has 1 aliphatic rings. The van der Waals surface area contributed by atoms with E-state index < -0.39 is 0 Å². The average molecular weight is 496 g/mol. The molecule has 7 nitrogen and oxygen atoms in total. The van der Waals surface area contributed by atoms with E-state index in [-0.39, 0.29) is 5.56 Å². The van der Waals surface area contributed by atoms with Crippen molar-refractivity contribution >= 4 is 33.3 Å². The van der Waals surface area contributed by atoms with Crippen molar-refractivity contribution in [1.82, 2.24) is 24.6 Å². The third-order valence-corrected chi connectivity index (χ3v) is 8.21. The van der Waals surface area contributed by atoms with Crippen molar-refractivity contribution in [2.24, 2.45) is 0 Å². The molecule has 3 aromatic heterocycles. The van der Waals surface area contributed by atoms with Crippen molar-refractivity contribution in [2.75, 3.05) is 20.6 Å². The second kappa shape index (κ2) is 10.4. The maximum atomic E-state index is 13.6. The molecule has 0 spiro atoms. The number of fused-ring (bicyclic) bond motifs is 3. The lowest BCUT2D eigenvalue weighted by Gasteiger charge is -2.14. The molecule has 0 bridgehead atoms. The van der Waals surface area contributed by atoms with E-state index in [0.29, 0.717) is 30.5 Å². The van der Waals surface area contributed by atoms with Gasteiger partial charge in [0.1, 0.15) is 4.83 Å². The normalized spacial score (nSPS) is 13.6. The van der Waals surface area contributed by atoms with E-state index in [4.69, 9.17) is 9.40 Å². The highest BCUT2D eigenvalue weighted by atomic mass is 32.2. The molecule has 1 aromatic carbocycles. The minimum Gasteiger partial charge on any atom is -0.424 e. The number of aryl methyl sites for hydroxylation is 2. The van der Waals surface area contributed by atoms with Gasteiger partial charge in [-0.2, -0.15) is 0 Å². The first-order chi connectivity index (χ1) is 16.6. The predicted octanol–water partition coefficient (Wildman–Crippen LogP) is 4.55. The molecule has 1 aliphatic carbocycles. The summed E-state index contributed by atoms with van der Waals surface area (Å²) in [5.41, 5.74) is 2.47. The molecule has 0 amide bonds. The fourth-order valence-electron chi connectivity index (χ4n) is 4.39. The van der Waals surface area contributed by atoms with E-state index >= 15 is 0 Å². The smallest absolute Gasteiger partial charge is 0.263 e. The summed E-state index contributed by atoms with van der Waals surface area (Å²) in [5.74, 6) is 1.63. The lowest BCUT2D eigenvalue weighted by molar-refractivity contribution is 0.379. The summed E-state index contributed by atoms with van der Waals surface area (Å²) in [6.07, 6.45) is 5.90. The maximum absolute atomic E-state index is 13.6. The minimum absolute atomic E-state index is 0.0981. The van der Waals surface area contributed by atoms with Gasteiger partial charge in [0.2, 0.25) is 11.8 Å². The number of thiophene rings is 1. The number of hydrogen-bond acceptors (Lipinski definition) is 8. The summed E-state index contributed by atoms with van der Waals surface area (Å²) in [6, 6.07) is 10.1. The zero-order chi connectivity index (χ0) is 23.5. The van der Waals surface area contributed by atoms with Gasteiger partial charge in [0.25, 0.3) is 5.56 Å². The van der Waals surface area contributed by atoms with E-state index in [1.165, 1.54) is 28.6 Å². The van der Waals surface area contributed by atoms with Crippen LogP contribution in [0.15, 0.2) is 44.7 Å². The summed E-state index contributed by atoms with van der Waals surface area (Å²) >= 11 is 3.20. The van der Waals surface area contributed by atoms with Gasteiger partial charge in [0, 0.05) is 11.4 Å². The Morgan fingerprint density at radius 1 is 1.12 bits per heavy atom.